The van der Waals surface area contributed by atoms with E-state index >= 15 is 0 Å². The van der Waals surface area contributed by atoms with E-state index in [1.54, 1.807) is 48.5 Å². The highest BCUT2D eigenvalue weighted by Gasteiger charge is 2.29. The van der Waals surface area contributed by atoms with Gasteiger partial charge < -0.3 is 25.3 Å². The Bertz CT molecular complexity index is 1180. The first-order valence-electron chi connectivity index (χ1n) is 9.26. The molecule has 3 rings (SSSR count). The van der Waals surface area contributed by atoms with Crippen LogP contribution in [0.5, 0.6) is 0 Å². The minimum absolute atomic E-state index is 0.0480. The van der Waals surface area contributed by atoms with Gasteiger partial charge in [0.1, 0.15) is 6.04 Å². The summed E-state index contributed by atoms with van der Waals surface area (Å²) >= 11 is 0. The maximum Gasteiger partial charge on any atom is 0.329 e. The number of H-pyrrole nitrogens is 1. The fraction of sp³-hybridized carbons (Fsp3) is 0.238. The van der Waals surface area contributed by atoms with Crippen molar-refractivity contribution in [1.29, 1.82) is 0 Å². The molecule has 9 heteroatoms. The number of nitrogens with one attached hydrogen (secondary N) is 2. The number of para-hydroxylation sites is 1. The lowest BCUT2D eigenvalue weighted by atomic mass is 10.0. The van der Waals surface area contributed by atoms with Gasteiger partial charge in [0.2, 0.25) is 5.91 Å². The quantitative estimate of drug-likeness (QED) is 0.460. The molecule has 0 unspecified atom stereocenters. The third kappa shape index (κ3) is 4.31. The lowest BCUT2D eigenvalue weighted by Gasteiger charge is -2.26. The van der Waals surface area contributed by atoms with E-state index in [1.807, 2.05) is 0 Å². The zero-order valence-electron chi connectivity index (χ0n) is 16.1. The summed E-state index contributed by atoms with van der Waals surface area (Å²) in [5.41, 5.74) is -0.525. The summed E-state index contributed by atoms with van der Waals surface area (Å²) in [6, 6.07) is 12.0. The van der Waals surface area contributed by atoms with Crippen LogP contribution in [0.2, 0.25) is 0 Å². The Morgan fingerprint density at radius 2 is 1.73 bits per heavy atom. The van der Waals surface area contributed by atoms with Crippen LogP contribution in [-0.4, -0.2) is 38.7 Å². The lowest BCUT2D eigenvalue weighted by Crippen LogP contribution is -2.56. The molecule has 156 valence electrons. The van der Waals surface area contributed by atoms with E-state index in [0.717, 1.165) is 4.57 Å². The first-order valence-corrected chi connectivity index (χ1v) is 9.26. The van der Waals surface area contributed by atoms with Crippen LogP contribution in [0.15, 0.2) is 64.2 Å². The predicted octanol–water partition coefficient (Wildman–Crippen LogP) is -0.911. The monoisotopic (exact) mass is 410 g/mol. The van der Waals surface area contributed by atoms with Crippen molar-refractivity contribution in [3.05, 3.63) is 81.0 Å². The average Bonchev–Trinajstić information content (AvgIpc) is 2.71. The van der Waals surface area contributed by atoms with E-state index in [-0.39, 0.29) is 11.8 Å². The Balaban J connectivity index is 2.12. The number of fused-ring (bicyclic) bond motifs is 1. The molecule has 0 fully saturated rings. The number of carboxylic acid groups (broad SMARTS) is 1. The standard InChI is InChI=1S/C21H21N3O6/c1-12(25)17(20(28)29)23-18(26)16(11-13-7-3-2-4-8-13)24-19(27)14-9-5-6-10-15(14)22-21(24)30/h2-10,12,16-17,25H,11H2,1H3,(H,22,30)(H,23,26)(H,28,29)/p-1/t12-,16+,17-/m0/s1. The normalized spacial score (nSPS) is 14.1. The fourth-order valence-electron chi connectivity index (χ4n) is 3.22. The van der Waals surface area contributed by atoms with Crippen molar-refractivity contribution in [2.75, 3.05) is 0 Å². The van der Waals surface area contributed by atoms with E-state index in [0.29, 0.717) is 11.1 Å². The summed E-state index contributed by atoms with van der Waals surface area (Å²) in [4.78, 5) is 52.5. The van der Waals surface area contributed by atoms with Crippen molar-refractivity contribution >= 4 is 22.8 Å². The van der Waals surface area contributed by atoms with Crippen molar-refractivity contribution in [1.82, 2.24) is 14.9 Å². The number of aliphatic hydroxyl groups is 1. The highest BCUT2D eigenvalue weighted by molar-refractivity contribution is 5.86. The first kappa shape index (κ1) is 21.0. The number of amides is 1. The van der Waals surface area contributed by atoms with Crippen LogP contribution in [-0.2, 0) is 16.0 Å². The van der Waals surface area contributed by atoms with Crippen LogP contribution < -0.4 is 21.7 Å². The summed E-state index contributed by atoms with van der Waals surface area (Å²) in [7, 11) is 0. The van der Waals surface area contributed by atoms with Gasteiger partial charge in [-0.25, -0.2) is 9.36 Å². The van der Waals surface area contributed by atoms with Crippen molar-refractivity contribution in [2.24, 2.45) is 0 Å². The number of aliphatic carboxylic acids is 1. The van der Waals surface area contributed by atoms with E-state index < -0.39 is 41.3 Å². The molecule has 1 aromatic heterocycles. The second-order valence-electron chi connectivity index (χ2n) is 6.90. The second-order valence-corrected chi connectivity index (χ2v) is 6.90. The lowest BCUT2D eigenvalue weighted by molar-refractivity contribution is -0.310. The maximum atomic E-state index is 13.0. The van der Waals surface area contributed by atoms with Crippen LogP contribution >= 0.6 is 0 Å². The van der Waals surface area contributed by atoms with Crippen LogP contribution in [0.1, 0.15) is 18.5 Å². The van der Waals surface area contributed by atoms with Gasteiger partial charge in [0.25, 0.3) is 5.56 Å². The largest absolute Gasteiger partial charge is 0.548 e. The summed E-state index contributed by atoms with van der Waals surface area (Å²) in [6.07, 6.45) is -1.49. The molecule has 0 radical (unpaired) electrons. The number of hydrogen-bond acceptors (Lipinski definition) is 6. The topological polar surface area (TPSA) is 144 Å². The number of aromatic nitrogens is 2. The molecule has 3 N–H and O–H groups in total. The molecule has 3 atom stereocenters. The number of nitrogens with zero attached hydrogens (tertiary/aromatic N) is 1. The minimum atomic E-state index is -1.70. The van der Waals surface area contributed by atoms with E-state index in [9.17, 15) is 29.4 Å². The van der Waals surface area contributed by atoms with E-state index in [4.69, 9.17) is 0 Å². The summed E-state index contributed by atoms with van der Waals surface area (Å²) in [5, 5.41) is 23.3. The Morgan fingerprint density at radius 3 is 2.37 bits per heavy atom. The molecule has 3 aromatic rings. The van der Waals surface area contributed by atoms with Gasteiger partial charge in [-0.15, -0.1) is 0 Å². The zero-order chi connectivity index (χ0) is 21.8. The maximum absolute atomic E-state index is 13.0. The number of hydrogen-bond donors (Lipinski definition) is 3. The second kappa shape index (κ2) is 8.75. The molecule has 1 amide bonds. The van der Waals surface area contributed by atoms with Crippen molar-refractivity contribution in [3.8, 4) is 0 Å². The van der Waals surface area contributed by atoms with Crippen LogP contribution in [0.3, 0.4) is 0 Å². The molecule has 0 saturated heterocycles. The zero-order valence-corrected chi connectivity index (χ0v) is 16.1. The van der Waals surface area contributed by atoms with Crippen LogP contribution in [0.4, 0.5) is 0 Å². The third-order valence-electron chi connectivity index (χ3n) is 4.76. The van der Waals surface area contributed by atoms with E-state index in [2.05, 4.69) is 10.3 Å². The number of aromatic amines is 1. The number of carbonyl (C=O) groups excluding carboxylic acids is 2. The molecule has 30 heavy (non-hydrogen) atoms. The molecule has 0 aliphatic heterocycles. The van der Waals surface area contributed by atoms with Crippen LogP contribution in [0.25, 0.3) is 10.9 Å². The molecule has 2 aromatic carbocycles. The van der Waals surface area contributed by atoms with Crippen molar-refractivity contribution in [3.63, 3.8) is 0 Å². The Hall–Kier alpha value is -3.72. The minimum Gasteiger partial charge on any atom is -0.548 e. The molecular formula is C21H20N3O6-. The smallest absolute Gasteiger partial charge is 0.329 e. The molecular weight excluding hydrogens is 390 g/mol. The van der Waals surface area contributed by atoms with Gasteiger partial charge in [-0.1, -0.05) is 42.5 Å². The number of aliphatic hydroxyl groups excluding tert-OH is 1. The molecule has 9 nitrogen and oxygen atoms in total. The number of carboxylic acids is 1. The molecule has 0 saturated carbocycles. The van der Waals surface area contributed by atoms with Crippen molar-refractivity contribution < 1.29 is 19.8 Å². The highest BCUT2D eigenvalue weighted by Crippen LogP contribution is 2.14. The van der Waals surface area contributed by atoms with Gasteiger partial charge in [0.05, 0.1) is 29.0 Å². The van der Waals surface area contributed by atoms with Gasteiger partial charge in [-0.3, -0.25) is 9.59 Å². The van der Waals surface area contributed by atoms with Gasteiger partial charge in [0, 0.05) is 6.42 Å². The average molecular weight is 410 g/mol. The van der Waals surface area contributed by atoms with Gasteiger partial charge in [0.15, 0.2) is 0 Å². The molecule has 0 aliphatic rings. The van der Waals surface area contributed by atoms with Crippen LogP contribution in [0, 0.1) is 0 Å². The number of rotatable bonds is 7. The number of benzene rings is 2. The third-order valence-corrected chi connectivity index (χ3v) is 4.76. The Morgan fingerprint density at radius 1 is 1.10 bits per heavy atom. The molecule has 0 bridgehead atoms. The van der Waals surface area contributed by atoms with Crippen molar-refractivity contribution in [2.45, 2.75) is 31.5 Å². The first-order chi connectivity index (χ1) is 14.3. The SMILES string of the molecule is C[C@H](O)[C@H](NC(=O)[C@@H](Cc1ccccc1)n1c(=O)[nH]c2ccccc2c1=O)C(=O)[O-]. The highest BCUT2D eigenvalue weighted by atomic mass is 16.4. The molecule has 0 spiro atoms. The van der Waals surface area contributed by atoms with E-state index in [1.165, 1.54) is 13.0 Å². The van der Waals surface area contributed by atoms with Gasteiger partial charge in [-0.05, 0) is 24.6 Å². The van der Waals surface area contributed by atoms with Gasteiger partial charge >= 0.3 is 5.69 Å². The van der Waals surface area contributed by atoms with Gasteiger partial charge in [-0.2, -0.15) is 0 Å². The molecule has 1 heterocycles. The summed E-state index contributed by atoms with van der Waals surface area (Å²) in [6.45, 7) is 1.18. The Kier molecular flexibility index (Phi) is 6.12. The predicted molar refractivity (Wildman–Crippen MR) is 107 cm³/mol. The summed E-state index contributed by atoms with van der Waals surface area (Å²) < 4.78 is 0.763. The molecule has 0 aliphatic carbocycles. The Labute approximate surface area is 170 Å². The summed E-state index contributed by atoms with van der Waals surface area (Å²) in [5.74, 6) is -2.59. The number of carbonyl (C=O) groups is 2. The fourth-order valence-corrected chi connectivity index (χ4v) is 3.22.